The van der Waals surface area contributed by atoms with Crippen LogP contribution in [0.25, 0.3) is 0 Å². The SMILES string of the molecule is C#CCN1CCN(C(=O)Nc2ccc(SCC)nc2)CC1. The van der Waals surface area contributed by atoms with Crippen LogP contribution in [0.3, 0.4) is 0 Å². The van der Waals surface area contributed by atoms with Crippen molar-refractivity contribution in [3.8, 4) is 12.3 Å². The fraction of sp³-hybridized carbons (Fsp3) is 0.467. The number of urea groups is 1. The molecule has 6 heteroatoms. The zero-order chi connectivity index (χ0) is 15.1. The van der Waals surface area contributed by atoms with Gasteiger partial charge < -0.3 is 10.2 Å². The van der Waals surface area contributed by atoms with Crippen molar-refractivity contribution in [3.05, 3.63) is 18.3 Å². The number of pyridine rings is 1. The molecule has 0 atom stereocenters. The minimum absolute atomic E-state index is 0.0759. The van der Waals surface area contributed by atoms with E-state index in [1.54, 1.807) is 18.0 Å². The highest BCUT2D eigenvalue weighted by atomic mass is 32.2. The van der Waals surface area contributed by atoms with Crippen LogP contribution >= 0.6 is 11.8 Å². The average Bonchev–Trinajstić information content (AvgIpc) is 2.50. The third-order valence-electron chi connectivity index (χ3n) is 3.25. The summed E-state index contributed by atoms with van der Waals surface area (Å²) in [6.07, 6.45) is 7.00. The van der Waals surface area contributed by atoms with Gasteiger partial charge in [-0.05, 0) is 17.9 Å². The van der Waals surface area contributed by atoms with Crippen LogP contribution in [0, 0.1) is 12.3 Å². The molecule has 0 unspecified atom stereocenters. The Labute approximate surface area is 130 Å². The summed E-state index contributed by atoms with van der Waals surface area (Å²) in [5, 5.41) is 3.85. The summed E-state index contributed by atoms with van der Waals surface area (Å²) in [5.41, 5.74) is 0.728. The normalized spacial score (nSPS) is 15.5. The van der Waals surface area contributed by atoms with Gasteiger partial charge in [-0.15, -0.1) is 18.2 Å². The minimum Gasteiger partial charge on any atom is -0.322 e. The number of carbonyl (C=O) groups is 1. The second-order valence-electron chi connectivity index (χ2n) is 4.72. The second kappa shape index (κ2) is 7.91. The van der Waals surface area contributed by atoms with Gasteiger partial charge in [0.1, 0.15) is 0 Å². The van der Waals surface area contributed by atoms with Crippen molar-refractivity contribution in [3.63, 3.8) is 0 Å². The molecule has 1 saturated heterocycles. The van der Waals surface area contributed by atoms with E-state index in [0.717, 1.165) is 29.6 Å². The van der Waals surface area contributed by atoms with E-state index in [9.17, 15) is 4.79 Å². The molecule has 1 aliphatic heterocycles. The van der Waals surface area contributed by atoms with Gasteiger partial charge in [0.15, 0.2) is 0 Å². The summed E-state index contributed by atoms with van der Waals surface area (Å²) < 4.78 is 0. The molecule has 2 amide bonds. The van der Waals surface area contributed by atoms with Crippen molar-refractivity contribution in [2.45, 2.75) is 11.9 Å². The van der Waals surface area contributed by atoms with Gasteiger partial charge in [-0.2, -0.15) is 0 Å². The van der Waals surface area contributed by atoms with Gasteiger partial charge in [0, 0.05) is 26.2 Å². The van der Waals surface area contributed by atoms with E-state index < -0.39 is 0 Å². The van der Waals surface area contributed by atoms with E-state index in [0.29, 0.717) is 19.6 Å². The molecule has 1 aromatic heterocycles. The fourth-order valence-electron chi connectivity index (χ4n) is 2.13. The molecule has 112 valence electrons. The highest BCUT2D eigenvalue weighted by molar-refractivity contribution is 7.99. The van der Waals surface area contributed by atoms with Crippen LogP contribution in [0.1, 0.15) is 6.92 Å². The number of aromatic nitrogens is 1. The van der Waals surface area contributed by atoms with Gasteiger partial charge >= 0.3 is 6.03 Å². The number of carbonyl (C=O) groups excluding carboxylic acids is 1. The van der Waals surface area contributed by atoms with Crippen molar-refractivity contribution >= 4 is 23.5 Å². The van der Waals surface area contributed by atoms with E-state index in [1.807, 2.05) is 17.0 Å². The maximum atomic E-state index is 12.2. The molecule has 0 radical (unpaired) electrons. The molecule has 0 aliphatic carbocycles. The van der Waals surface area contributed by atoms with E-state index in [4.69, 9.17) is 6.42 Å². The number of anilines is 1. The zero-order valence-corrected chi connectivity index (χ0v) is 13.0. The van der Waals surface area contributed by atoms with Crippen LogP contribution in [-0.2, 0) is 0 Å². The quantitative estimate of drug-likeness (QED) is 0.682. The van der Waals surface area contributed by atoms with Gasteiger partial charge in [-0.25, -0.2) is 9.78 Å². The molecule has 0 aromatic carbocycles. The Morgan fingerprint density at radius 3 is 2.76 bits per heavy atom. The average molecular weight is 304 g/mol. The van der Waals surface area contributed by atoms with Gasteiger partial charge in [0.2, 0.25) is 0 Å². The van der Waals surface area contributed by atoms with Crippen LogP contribution < -0.4 is 5.32 Å². The number of nitrogens with one attached hydrogen (secondary N) is 1. The van der Waals surface area contributed by atoms with E-state index in [2.05, 4.69) is 28.0 Å². The number of terminal acetylenes is 1. The Kier molecular flexibility index (Phi) is 5.90. The highest BCUT2D eigenvalue weighted by Gasteiger charge is 2.20. The second-order valence-corrected chi connectivity index (χ2v) is 6.00. The summed E-state index contributed by atoms with van der Waals surface area (Å²) in [7, 11) is 0. The first-order valence-electron chi connectivity index (χ1n) is 7.03. The number of piperazine rings is 1. The van der Waals surface area contributed by atoms with Crippen LogP contribution in [0.15, 0.2) is 23.4 Å². The van der Waals surface area contributed by atoms with Crippen molar-refractivity contribution in [2.75, 3.05) is 43.8 Å². The monoisotopic (exact) mass is 304 g/mol. The molecule has 1 fully saturated rings. The molecule has 1 N–H and O–H groups in total. The van der Waals surface area contributed by atoms with E-state index in [1.165, 1.54) is 0 Å². The topological polar surface area (TPSA) is 48.5 Å². The van der Waals surface area contributed by atoms with Gasteiger partial charge in [0.05, 0.1) is 23.5 Å². The first kappa shape index (κ1) is 15.7. The third kappa shape index (κ3) is 4.66. The Morgan fingerprint density at radius 1 is 1.43 bits per heavy atom. The van der Waals surface area contributed by atoms with Gasteiger partial charge in [-0.1, -0.05) is 12.8 Å². The van der Waals surface area contributed by atoms with Gasteiger partial charge in [0.25, 0.3) is 0 Å². The molecule has 2 heterocycles. The first-order chi connectivity index (χ1) is 10.2. The lowest BCUT2D eigenvalue weighted by molar-refractivity contribution is 0.157. The van der Waals surface area contributed by atoms with Crippen molar-refractivity contribution in [1.29, 1.82) is 0 Å². The van der Waals surface area contributed by atoms with Crippen LogP contribution in [0.2, 0.25) is 0 Å². The molecule has 5 nitrogen and oxygen atoms in total. The lowest BCUT2D eigenvalue weighted by Gasteiger charge is -2.33. The Bertz CT molecular complexity index is 503. The molecule has 2 rings (SSSR count). The molecule has 0 saturated carbocycles. The molecular formula is C15H20N4OS. The first-order valence-corrected chi connectivity index (χ1v) is 8.02. The number of thioether (sulfide) groups is 1. The highest BCUT2D eigenvalue weighted by Crippen LogP contribution is 2.16. The number of nitrogens with zero attached hydrogens (tertiary/aromatic N) is 3. The van der Waals surface area contributed by atoms with Crippen molar-refractivity contribution in [1.82, 2.24) is 14.8 Å². The maximum Gasteiger partial charge on any atom is 0.321 e. The lowest BCUT2D eigenvalue weighted by atomic mass is 10.3. The molecule has 21 heavy (non-hydrogen) atoms. The number of rotatable bonds is 4. The Morgan fingerprint density at radius 2 is 2.19 bits per heavy atom. The molecule has 0 bridgehead atoms. The predicted molar refractivity (Wildman–Crippen MR) is 86.5 cm³/mol. The number of hydrogen-bond donors (Lipinski definition) is 1. The summed E-state index contributed by atoms with van der Waals surface area (Å²) in [4.78, 5) is 20.4. The zero-order valence-electron chi connectivity index (χ0n) is 12.2. The van der Waals surface area contributed by atoms with Crippen LogP contribution in [0.5, 0.6) is 0 Å². The fourth-order valence-corrected chi connectivity index (χ4v) is 2.72. The smallest absolute Gasteiger partial charge is 0.321 e. The molecular weight excluding hydrogens is 284 g/mol. The van der Waals surface area contributed by atoms with Crippen molar-refractivity contribution < 1.29 is 4.79 Å². The van der Waals surface area contributed by atoms with Crippen LogP contribution in [0.4, 0.5) is 10.5 Å². The Balaban J connectivity index is 1.83. The summed E-state index contributed by atoms with van der Waals surface area (Å²) in [6.45, 7) is 5.77. The predicted octanol–water partition coefficient (Wildman–Crippen LogP) is 1.98. The largest absolute Gasteiger partial charge is 0.322 e. The molecule has 1 aliphatic rings. The van der Waals surface area contributed by atoms with Crippen LogP contribution in [-0.4, -0.2) is 59.3 Å². The molecule has 0 spiro atoms. The van der Waals surface area contributed by atoms with Crippen molar-refractivity contribution in [2.24, 2.45) is 0 Å². The molecule has 1 aromatic rings. The number of hydrogen-bond acceptors (Lipinski definition) is 4. The third-order valence-corrected chi connectivity index (χ3v) is 4.08. The summed E-state index contributed by atoms with van der Waals surface area (Å²) in [6, 6.07) is 3.74. The standard InChI is InChI=1S/C15H20N4OS/c1-3-7-18-8-10-19(11-9-18)15(20)17-13-5-6-14(16-12-13)21-4-2/h1,5-6,12H,4,7-11H2,2H3,(H,17,20). The number of amides is 2. The minimum atomic E-state index is -0.0759. The Hall–Kier alpha value is -1.71. The van der Waals surface area contributed by atoms with E-state index >= 15 is 0 Å². The van der Waals surface area contributed by atoms with E-state index in [-0.39, 0.29) is 6.03 Å². The summed E-state index contributed by atoms with van der Waals surface area (Å²) in [5.74, 6) is 3.62. The summed E-state index contributed by atoms with van der Waals surface area (Å²) >= 11 is 1.68. The van der Waals surface area contributed by atoms with Gasteiger partial charge in [-0.3, -0.25) is 4.90 Å². The lowest BCUT2D eigenvalue weighted by Crippen LogP contribution is -2.50. The maximum absolute atomic E-state index is 12.2.